The van der Waals surface area contributed by atoms with E-state index < -0.39 is 0 Å². The van der Waals surface area contributed by atoms with Crippen LogP contribution in [-0.4, -0.2) is 12.5 Å². The van der Waals surface area contributed by atoms with Crippen molar-refractivity contribution in [1.82, 2.24) is 5.32 Å². The van der Waals surface area contributed by atoms with Crippen LogP contribution in [0.5, 0.6) is 5.75 Å². The smallest absolute Gasteiger partial charge is 0.258 e. The summed E-state index contributed by atoms with van der Waals surface area (Å²) in [5, 5.41) is 3.10. The molecular formula is C18H18BrNO2. The normalized spacial score (nSPS) is 15.1. The van der Waals surface area contributed by atoms with E-state index in [2.05, 4.69) is 33.4 Å². The SMILES string of the molecule is O=C(COc1ccc(Br)cc1)N[C@H](c1ccccc1)C1CC1. The molecule has 2 aromatic rings. The topological polar surface area (TPSA) is 38.3 Å². The van der Waals surface area contributed by atoms with Crippen molar-refractivity contribution >= 4 is 21.8 Å². The summed E-state index contributed by atoms with van der Waals surface area (Å²) in [5.74, 6) is 1.17. The molecule has 2 aromatic carbocycles. The van der Waals surface area contributed by atoms with Gasteiger partial charge in [-0.1, -0.05) is 46.3 Å². The van der Waals surface area contributed by atoms with Gasteiger partial charge in [-0.05, 0) is 48.6 Å². The van der Waals surface area contributed by atoms with Gasteiger partial charge in [0.15, 0.2) is 6.61 Å². The Kier molecular flexibility index (Phi) is 4.78. The van der Waals surface area contributed by atoms with Crippen molar-refractivity contribution < 1.29 is 9.53 Å². The average Bonchev–Trinajstić information content (AvgIpc) is 3.38. The number of halogens is 1. The molecule has 1 atom stereocenters. The van der Waals surface area contributed by atoms with Gasteiger partial charge in [-0.2, -0.15) is 0 Å². The van der Waals surface area contributed by atoms with E-state index in [0.717, 1.165) is 4.47 Å². The van der Waals surface area contributed by atoms with E-state index in [0.29, 0.717) is 11.7 Å². The van der Waals surface area contributed by atoms with Crippen molar-refractivity contribution in [2.24, 2.45) is 5.92 Å². The Balaban J connectivity index is 1.56. The number of hydrogen-bond acceptors (Lipinski definition) is 2. The molecule has 0 radical (unpaired) electrons. The van der Waals surface area contributed by atoms with E-state index >= 15 is 0 Å². The van der Waals surface area contributed by atoms with Gasteiger partial charge in [0.05, 0.1) is 6.04 Å². The van der Waals surface area contributed by atoms with E-state index in [1.807, 2.05) is 42.5 Å². The third-order valence-electron chi connectivity index (χ3n) is 3.75. The molecule has 1 amide bonds. The summed E-state index contributed by atoms with van der Waals surface area (Å²) in [6.07, 6.45) is 2.35. The Morgan fingerprint density at radius 3 is 2.45 bits per heavy atom. The molecular weight excluding hydrogens is 342 g/mol. The molecule has 3 nitrogen and oxygen atoms in total. The monoisotopic (exact) mass is 359 g/mol. The number of amides is 1. The minimum absolute atomic E-state index is 0.0394. The Morgan fingerprint density at radius 1 is 1.14 bits per heavy atom. The molecule has 0 aliphatic heterocycles. The molecule has 22 heavy (non-hydrogen) atoms. The van der Waals surface area contributed by atoms with E-state index in [1.165, 1.54) is 18.4 Å². The second kappa shape index (κ2) is 6.97. The van der Waals surface area contributed by atoms with Crippen LogP contribution in [0.1, 0.15) is 24.4 Å². The van der Waals surface area contributed by atoms with Crippen molar-refractivity contribution in [3.05, 3.63) is 64.6 Å². The number of ether oxygens (including phenoxy) is 1. The number of carbonyl (C=O) groups excluding carboxylic acids is 1. The van der Waals surface area contributed by atoms with Crippen LogP contribution < -0.4 is 10.1 Å². The second-order valence-electron chi connectivity index (χ2n) is 5.54. The fraction of sp³-hybridized carbons (Fsp3) is 0.278. The highest BCUT2D eigenvalue weighted by Crippen LogP contribution is 2.40. The lowest BCUT2D eigenvalue weighted by molar-refractivity contribution is -0.124. The van der Waals surface area contributed by atoms with Crippen LogP contribution in [0.4, 0.5) is 0 Å². The summed E-state index contributed by atoms with van der Waals surface area (Å²) < 4.78 is 6.51. The maximum Gasteiger partial charge on any atom is 0.258 e. The first-order chi connectivity index (χ1) is 10.7. The molecule has 0 bridgehead atoms. The molecule has 1 aliphatic rings. The molecule has 114 valence electrons. The minimum Gasteiger partial charge on any atom is -0.484 e. The lowest BCUT2D eigenvalue weighted by Gasteiger charge is -2.19. The Labute approximate surface area is 138 Å². The van der Waals surface area contributed by atoms with Crippen LogP contribution in [0.3, 0.4) is 0 Å². The highest BCUT2D eigenvalue weighted by atomic mass is 79.9. The highest BCUT2D eigenvalue weighted by Gasteiger charge is 2.33. The summed E-state index contributed by atoms with van der Waals surface area (Å²) >= 11 is 3.37. The third kappa shape index (κ3) is 4.10. The van der Waals surface area contributed by atoms with Crippen molar-refractivity contribution in [2.75, 3.05) is 6.61 Å². The molecule has 0 saturated heterocycles. The van der Waals surface area contributed by atoms with Crippen molar-refractivity contribution in [1.29, 1.82) is 0 Å². The highest BCUT2D eigenvalue weighted by molar-refractivity contribution is 9.10. The van der Waals surface area contributed by atoms with Gasteiger partial charge in [0.1, 0.15) is 5.75 Å². The number of carbonyl (C=O) groups is 1. The van der Waals surface area contributed by atoms with E-state index in [9.17, 15) is 4.79 Å². The zero-order valence-electron chi connectivity index (χ0n) is 12.2. The fourth-order valence-corrected chi connectivity index (χ4v) is 2.72. The summed E-state index contributed by atoms with van der Waals surface area (Å²) in [6.45, 7) is 0.0394. The molecule has 1 fully saturated rings. The first kappa shape index (κ1) is 15.1. The first-order valence-electron chi connectivity index (χ1n) is 7.45. The predicted molar refractivity (Wildman–Crippen MR) is 89.7 cm³/mol. The Hall–Kier alpha value is -1.81. The number of rotatable bonds is 6. The third-order valence-corrected chi connectivity index (χ3v) is 4.28. The van der Waals surface area contributed by atoms with E-state index in [-0.39, 0.29) is 18.6 Å². The van der Waals surface area contributed by atoms with Gasteiger partial charge < -0.3 is 10.1 Å². The zero-order chi connectivity index (χ0) is 15.4. The fourth-order valence-electron chi connectivity index (χ4n) is 2.46. The molecule has 4 heteroatoms. The number of benzene rings is 2. The Morgan fingerprint density at radius 2 is 1.82 bits per heavy atom. The maximum atomic E-state index is 12.2. The predicted octanol–water partition coefficient (Wildman–Crippen LogP) is 4.10. The van der Waals surface area contributed by atoms with E-state index in [4.69, 9.17) is 4.74 Å². The molecule has 0 heterocycles. The van der Waals surface area contributed by atoms with Crippen LogP contribution in [0, 0.1) is 5.92 Å². The molecule has 0 aromatic heterocycles. The van der Waals surface area contributed by atoms with E-state index in [1.54, 1.807) is 0 Å². The quantitative estimate of drug-likeness (QED) is 0.843. The van der Waals surface area contributed by atoms with Gasteiger partial charge in [-0.25, -0.2) is 0 Å². The molecule has 0 spiro atoms. The van der Waals surface area contributed by atoms with Gasteiger partial charge in [0.25, 0.3) is 5.91 Å². The summed E-state index contributed by atoms with van der Waals surface area (Å²) in [4.78, 5) is 12.2. The van der Waals surface area contributed by atoms with Crippen molar-refractivity contribution in [2.45, 2.75) is 18.9 Å². The summed E-state index contributed by atoms with van der Waals surface area (Å²) in [5.41, 5.74) is 1.17. The lowest BCUT2D eigenvalue weighted by Crippen LogP contribution is -2.33. The minimum atomic E-state index is -0.0799. The molecule has 3 rings (SSSR count). The Bertz CT molecular complexity index is 623. The van der Waals surface area contributed by atoms with Crippen LogP contribution in [0.2, 0.25) is 0 Å². The zero-order valence-corrected chi connectivity index (χ0v) is 13.8. The molecule has 0 unspecified atom stereocenters. The number of hydrogen-bond donors (Lipinski definition) is 1. The lowest BCUT2D eigenvalue weighted by atomic mass is 10.0. The largest absolute Gasteiger partial charge is 0.484 e. The first-order valence-corrected chi connectivity index (χ1v) is 8.24. The summed E-state index contributed by atoms with van der Waals surface area (Å²) in [7, 11) is 0. The van der Waals surface area contributed by atoms with Crippen LogP contribution >= 0.6 is 15.9 Å². The van der Waals surface area contributed by atoms with Crippen molar-refractivity contribution in [3.63, 3.8) is 0 Å². The summed E-state index contributed by atoms with van der Waals surface area (Å²) in [6, 6.07) is 17.7. The maximum absolute atomic E-state index is 12.2. The second-order valence-corrected chi connectivity index (χ2v) is 6.45. The standard InChI is InChI=1S/C18H18BrNO2/c19-15-8-10-16(11-9-15)22-12-17(21)20-18(14-6-7-14)13-4-2-1-3-5-13/h1-5,8-11,14,18H,6-7,12H2,(H,20,21)/t18-/m1/s1. The van der Waals surface area contributed by atoms with Crippen LogP contribution in [0.15, 0.2) is 59.1 Å². The number of nitrogens with one attached hydrogen (secondary N) is 1. The molecule has 1 saturated carbocycles. The van der Waals surface area contributed by atoms with Crippen molar-refractivity contribution in [3.8, 4) is 5.75 Å². The van der Waals surface area contributed by atoms with Gasteiger partial charge in [0, 0.05) is 4.47 Å². The van der Waals surface area contributed by atoms with Crippen LogP contribution in [0.25, 0.3) is 0 Å². The van der Waals surface area contributed by atoms with Gasteiger partial charge >= 0.3 is 0 Å². The van der Waals surface area contributed by atoms with Crippen LogP contribution in [-0.2, 0) is 4.79 Å². The average molecular weight is 360 g/mol. The van der Waals surface area contributed by atoms with Gasteiger partial charge in [0.2, 0.25) is 0 Å². The molecule has 1 aliphatic carbocycles. The molecule has 1 N–H and O–H groups in total. The van der Waals surface area contributed by atoms with Gasteiger partial charge in [-0.3, -0.25) is 4.79 Å². The van der Waals surface area contributed by atoms with Gasteiger partial charge in [-0.15, -0.1) is 0 Å².